The monoisotopic (exact) mass is 365 g/mol. The molecule has 0 radical (unpaired) electrons. The van der Waals surface area contributed by atoms with Gasteiger partial charge in [-0.1, -0.05) is 29.8 Å². The number of tetrazole rings is 1. The molecule has 1 atom stereocenters. The molecule has 3 aromatic rings. The second-order valence-electron chi connectivity index (χ2n) is 6.05. The molecule has 3 rings (SSSR count). The third kappa shape index (κ3) is 4.75. The molecule has 8 nitrogen and oxygen atoms in total. The van der Waals surface area contributed by atoms with Gasteiger partial charge in [-0.15, -0.1) is 5.10 Å². The van der Waals surface area contributed by atoms with Crippen molar-refractivity contribution >= 4 is 11.9 Å². The molecule has 0 saturated carbocycles. The van der Waals surface area contributed by atoms with Crippen LogP contribution in [0.25, 0.3) is 5.69 Å². The van der Waals surface area contributed by atoms with Gasteiger partial charge in [0.2, 0.25) is 0 Å². The van der Waals surface area contributed by atoms with Crippen molar-refractivity contribution in [3.8, 4) is 5.69 Å². The van der Waals surface area contributed by atoms with Crippen LogP contribution in [0.3, 0.4) is 0 Å². The number of amides is 1. The number of rotatable bonds is 6. The first-order chi connectivity index (χ1) is 13.0. The van der Waals surface area contributed by atoms with Gasteiger partial charge in [0.15, 0.2) is 6.10 Å². The summed E-state index contributed by atoms with van der Waals surface area (Å²) in [4.78, 5) is 24.4. The second kappa shape index (κ2) is 8.22. The number of ether oxygens (including phenoxy) is 1. The summed E-state index contributed by atoms with van der Waals surface area (Å²) in [6.07, 6.45) is 0.551. The van der Waals surface area contributed by atoms with Crippen LogP contribution in [0.4, 0.5) is 0 Å². The lowest BCUT2D eigenvalue weighted by atomic mass is 10.1. The zero-order valence-electron chi connectivity index (χ0n) is 15.0. The zero-order valence-corrected chi connectivity index (χ0v) is 15.0. The van der Waals surface area contributed by atoms with Crippen LogP contribution in [0.1, 0.15) is 28.4 Å². The Labute approximate surface area is 156 Å². The minimum Gasteiger partial charge on any atom is -0.449 e. The van der Waals surface area contributed by atoms with Crippen LogP contribution < -0.4 is 5.32 Å². The Morgan fingerprint density at radius 1 is 1.11 bits per heavy atom. The maximum absolute atomic E-state index is 12.2. The van der Waals surface area contributed by atoms with Gasteiger partial charge in [0.1, 0.15) is 6.33 Å². The molecule has 1 aromatic heterocycles. The molecule has 1 amide bonds. The van der Waals surface area contributed by atoms with Crippen molar-refractivity contribution in [2.75, 3.05) is 0 Å². The number of aryl methyl sites for hydroxylation is 1. The fourth-order valence-corrected chi connectivity index (χ4v) is 2.35. The second-order valence-corrected chi connectivity index (χ2v) is 6.05. The van der Waals surface area contributed by atoms with Crippen LogP contribution in [-0.2, 0) is 16.1 Å². The van der Waals surface area contributed by atoms with Gasteiger partial charge < -0.3 is 10.1 Å². The summed E-state index contributed by atoms with van der Waals surface area (Å²) >= 11 is 0. The molecule has 0 bridgehead atoms. The van der Waals surface area contributed by atoms with Crippen LogP contribution in [0, 0.1) is 6.92 Å². The van der Waals surface area contributed by atoms with E-state index in [1.807, 2.05) is 31.2 Å². The summed E-state index contributed by atoms with van der Waals surface area (Å²) in [5.41, 5.74) is 3.18. The van der Waals surface area contributed by atoms with E-state index in [-0.39, 0.29) is 5.91 Å². The van der Waals surface area contributed by atoms with Crippen LogP contribution in [0.2, 0.25) is 0 Å². The van der Waals surface area contributed by atoms with E-state index in [2.05, 4.69) is 20.8 Å². The van der Waals surface area contributed by atoms with E-state index >= 15 is 0 Å². The molecular weight excluding hydrogens is 346 g/mol. The lowest BCUT2D eigenvalue weighted by molar-refractivity contribution is -0.129. The first-order valence-electron chi connectivity index (χ1n) is 8.40. The van der Waals surface area contributed by atoms with Gasteiger partial charge in [0, 0.05) is 6.54 Å². The van der Waals surface area contributed by atoms with E-state index < -0.39 is 12.1 Å². The molecule has 0 unspecified atom stereocenters. The van der Waals surface area contributed by atoms with Crippen molar-refractivity contribution < 1.29 is 14.3 Å². The zero-order chi connectivity index (χ0) is 19.2. The molecule has 1 heterocycles. The Morgan fingerprint density at radius 2 is 1.81 bits per heavy atom. The van der Waals surface area contributed by atoms with E-state index in [0.717, 1.165) is 11.1 Å². The minimum absolute atomic E-state index is 0.338. The van der Waals surface area contributed by atoms with Crippen molar-refractivity contribution in [2.24, 2.45) is 0 Å². The normalized spacial score (nSPS) is 11.6. The highest BCUT2D eigenvalue weighted by molar-refractivity contribution is 5.92. The van der Waals surface area contributed by atoms with Crippen molar-refractivity contribution in [1.82, 2.24) is 25.5 Å². The average Bonchev–Trinajstić information content (AvgIpc) is 3.22. The predicted molar refractivity (Wildman–Crippen MR) is 97.1 cm³/mol. The molecule has 1 N–H and O–H groups in total. The number of aromatic nitrogens is 4. The summed E-state index contributed by atoms with van der Waals surface area (Å²) < 4.78 is 6.71. The Hall–Kier alpha value is -3.55. The first-order valence-corrected chi connectivity index (χ1v) is 8.40. The Kier molecular flexibility index (Phi) is 5.55. The number of carbonyl (C=O) groups is 2. The number of benzene rings is 2. The van der Waals surface area contributed by atoms with E-state index in [9.17, 15) is 9.59 Å². The number of carbonyl (C=O) groups excluding carboxylic acids is 2. The third-order valence-electron chi connectivity index (χ3n) is 3.96. The van der Waals surface area contributed by atoms with Gasteiger partial charge in [0.05, 0.1) is 11.3 Å². The predicted octanol–water partition coefficient (Wildman–Crippen LogP) is 1.83. The smallest absolute Gasteiger partial charge is 0.338 e. The minimum atomic E-state index is -0.901. The SMILES string of the molecule is Cc1ccc(CNC(=O)[C@H](C)OC(=O)c2ccc(-n3cnnn3)cc2)cc1. The molecular formula is C19H19N5O3. The van der Waals surface area contributed by atoms with Crippen molar-refractivity contribution in [3.63, 3.8) is 0 Å². The van der Waals surface area contributed by atoms with Gasteiger partial charge in [-0.25, -0.2) is 9.48 Å². The lowest BCUT2D eigenvalue weighted by Crippen LogP contribution is -2.35. The van der Waals surface area contributed by atoms with Gasteiger partial charge in [0.25, 0.3) is 5.91 Å². The van der Waals surface area contributed by atoms with E-state index in [0.29, 0.717) is 17.8 Å². The lowest BCUT2D eigenvalue weighted by Gasteiger charge is -2.14. The summed E-state index contributed by atoms with van der Waals surface area (Å²) in [6.45, 7) is 3.92. The standard InChI is InChI=1S/C19H19N5O3/c1-13-3-5-15(6-4-13)11-20-18(25)14(2)27-19(26)16-7-9-17(10-8-16)24-12-21-22-23-24/h3-10,12,14H,11H2,1-2H3,(H,20,25)/t14-/m0/s1. The molecule has 2 aromatic carbocycles. The van der Waals surface area contributed by atoms with Gasteiger partial charge in [-0.2, -0.15) is 0 Å². The van der Waals surface area contributed by atoms with Crippen molar-refractivity contribution in [2.45, 2.75) is 26.5 Å². The molecule has 0 saturated heterocycles. The summed E-state index contributed by atoms with van der Waals surface area (Å²) in [5.74, 6) is -0.925. The van der Waals surface area contributed by atoms with Gasteiger partial charge in [-0.3, -0.25) is 4.79 Å². The molecule has 138 valence electrons. The Balaban J connectivity index is 1.53. The highest BCUT2D eigenvalue weighted by atomic mass is 16.5. The Bertz CT molecular complexity index is 906. The van der Waals surface area contributed by atoms with E-state index in [1.54, 1.807) is 24.3 Å². The Morgan fingerprint density at radius 3 is 2.44 bits per heavy atom. The van der Waals surface area contributed by atoms with Crippen LogP contribution in [0.15, 0.2) is 54.9 Å². The fraction of sp³-hybridized carbons (Fsp3) is 0.211. The van der Waals surface area contributed by atoms with Gasteiger partial charge in [-0.05, 0) is 54.1 Å². The van der Waals surface area contributed by atoms with E-state index in [1.165, 1.54) is 17.9 Å². The quantitative estimate of drug-likeness (QED) is 0.669. The molecule has 8 heteroatoms. The first kappa shape index (κ1) is 18.2. The summed E-state index contributed by atoms with van der Waals surface area (Å²) in [7, 11) is 0. The largest absolute Gasteiger partial charge is 0.449 e. The van der Waals surface area contributed by atoms with Crippen LogP contribution in [-0.4, -0.2) is 38.2 Å². The molecule has 0 aliphatic heterocycles. The number of nitrogens with one attached hydrogen (secondary N) is 1. The third-order valence-corrected chi connectivity index (χ3v) is 3.96. The van der Waals surface area contributed by atoms with Crippen LogP contribution >= 0.6 is 0 Å². The highest BCUT2D eigenvalue weighted by Gasteiger charge is 2.18. The molecule has 27 heavy (non-hydrogen) atoms. The number of hydrogen-bond donors (Lipinski definition) is 1. The molecule has 0 aliphatic rings. The molecule has 0 fully saturated rings. The van der Waals surface area contributed by atoms with E-state index in [4.69, 9.17) is 4.74 Å². The molecule has 0 aliphatic carbocycles. The van der Waals surface area contributed by atoms with Gasteiger partial charge >= 0.3 is 5.97 Å². The topological polar surface area (TPSA) is 99.0 Å². The van der Waals surface area contributed by atoms with Crippen molar-refractivity contribution in [3.05, 3.63) is 71.5 Å². The van der Waals surface area contributed by atoms with Crippen molar-refractivity contribution in [1.29, 1.82) is 0 Å². The fourth-order valence-electron chi connectivity index (χ4n) is 2.35. The summed E-state index contributed by atoms with van der Waals surface area (Å²) in [6, 6.07) is 14.4. The maximum atomic E-state index is 12.2. The maximum Gasteiger partial charge on any atom is 0.338 e. The molecule has 0 spiro atoms. The number of nitrogens with zero attached hydrogens (tertiary/aromatic N) is 4. The highest BCUT2D eigenvalue weighted by Crippen LogP contribution is 2.10. The van der Waals surface area contributed by atoms with Crippen LogP contribution in [0.5, 0.6) is 0 Å². The number of esters is 1. The summed E-state index contributed by atoms with van der Waals surface area (Å²) in [5, 5.41) is 13.6. The average molecular weight is 365 g/mol. The number of hydrogen-bond acceptors (Lipinski definition) is 6.